The van der Waals surface area contributed by atoms with Crippen LogP contribution in [0, 0.1) is 0 Å². The molecule has 0 fully saturated rings. The van der Waals surface area contributed by atoms with Crippen molar-refractivity contribution in [2.45, 2.75) is 43.7 Å². The van der Waals surface area contributed by atoms with Gasteiger partial charge < -0.3 is 24.7 Å². The van der Waals surface area contributed by atoms with Gasteiger partial charge in [0.1, 0.15) is 17.8 Å². The summed E-state index contributed by atoms with van der Waals surface area (Å²) in [6.45, 7) is 1.65. The minimum absolute atomic E-state index is 0.192. The van der Waals surface area contributed by atoms with Gasteiger partial charge in [0, 0.05) is 0 Å². The molecule has 6 rings (SSSR count). The lowest BCUT2D eigenvalue weighted by molar-refractivity contribution is -0.144. The van der Waals surface area contributed by atoms with Crippen LogP contribution in [0.4, 0.5) is 0 Å². The van der Waals surface area contributed by atoms with E-state index in [1.807, 2.05) is 84.9 Å². The highest BCUT2D eigenvalue weighted by atomic mass is 16.6. The van der Waals surface area contributed by atoms with Crippen LogP contribution in [0.15, 0.2) is 182 Å². The molecule has 6 aromatic rings. The monoisotopic (exact) mass is 663 g/mol. The molecule has 0 aliphatic carbocycles. The van der Waals surface area contributed by atoms with E-state index in [1.165, 1.54) is 0 Å². The Balaban J connectivity index is 1.35. The molecule has 0 aliphatic rings. The summed E-state index contributed by atoms with van der Waals surface area (Å²) in [5.41, 5.74) is 12.3. The van der Waals surface area contributed by atoms with Gasteiger partial charge in [0.15, 0.2) is 0 Å². The van der Waals surface area contributed by atoms with Crippen molar-refractivity contribution in [2.24, 2.45) is 5.73 Å². The van der Waals surface area contributed by atoms with Crippen LogP contribution < -0.4 is 5.73 Å². The number of rotatable bonds is 18. The smallest absolute Gasteiger partial charge is 0.143 e. The van der Waals surface area contributed by atoms with Gasteiger partial charge in [-0.3, -0.25) is 0 Å². The first kappa shape index (κ1) is 35.0. The van der Waals surface area contributed by atoms with Gasteiger partial charge >= 0.3 is 0 Å². The molecule has 0 heterocycles. The van der Waals surface area contributed by atoms with Gasteiger partial charge in [-0.05, 0) is 33.4 Å². The van der Waals surface area contributed by atoms with E-state index in [0.29, 0.717) is 19.8 Å². The normalized spacial score (nSPS) is 13.4. The maximum Gasteiger partial charge on any atom is 0.143 e. The topological polar surface area (TPSA) is 62.9 Å². The fraction of sp³-hybridized carbons (Fsp3) is 0.200. The molecule has 254 valence electrons. The molecule has 0 saturated carbocycles. The Kier molecular flexibility index (Phi) is 12.7. The molecular weight excluding hydrogens is 618 g/mol. The van der Waals surface area contributed by atoms with E-state index < -0.39 is 23.9 Å². The van der Waals surface area contributed by atoms with Crippen LogP contribution in [0.3, 0.4) is 0 Å². The maximum absolute atomic E-state index is 7.29. The quantitative estimate of drug-likeness (QED) is 0.0933. The van der Waals surface area contributed by atoms with Crippen molar-refractivity contribution in [3.05, 3.63) is 215 Å². The van der Waals surface area contributed by atoms with E-state index in [2.05, 4.69) is 97.1 Å². The Morgan fingerprint density at radius 1 is 0.420 bits per heavy atom. The number of benzene rings is 6. The molecule has 0 amide bonds. The molecule has 6 aromatic carbocycles. The van der Waals surface area contributed by atoms with Gasteiger partial charge in [-0.2, -0.15) is 0 Å². The Labute approximate surface area is 296 Å². The van der Waals surface area contributed by atoms with E-state index in [-0.39, 0.29) is 13.2 Å². The van der Waals surface area contributed by atoms with Gasteiger partial charge in [0.05, 0.1) is 39.1 Å². The zero-order chi connectivity index (χ0) is 34.3. The van der Waals surface area contributed by atoms with Gasteiger partial charge in [-0.15, -0.1) is 0 Å². The highest BCUT2D eigenvalue weighted by Crippen LogP contribution is 2.41. The Morgan fingerprint density at radius 2 is 0.780 bits per heavy atom. The van der Waals surface area contributed by atoms with E-state index in [9.17, 15) is 0 Å². The highest BCUT2D eigenvalue weighted by Gasteiger charge is 2.40. The third kappa shape index (κ3) is 9.21. The van der Waals surface area contributed by atoms with Gasteiger partial charge in [0.25, 0.3) is 0 Å². The lowest BCUT2D eigenvalue weighted by Crippen LogP contribution is -2.51. The fourth-order valence-electron chi connectivity index (χ4n) is 6.25. The van der Waals surface area contributed by atoms with E-state index in [4.69, 9.17) is 24.7 Å². The lowest BCUT2D eigenvalue weighted by atomic mass is 9.80. The largest absolute Gasteiger partial charge is 0.375 e. The Morgan fingerprint density at radius 3 is 1.20 bits per heavy atom. The predicted octanol–water partition coefficient (Wildman–Crippen LogP) is 8.71. The van der Waals surface area contributed by atoms with Crippen molar-refractivity contribution < 1.29 is 18.9 Å². The van der Waals surface area contributed by atoms with Crippen molar-refractivity contribution >= 4 is 0 Å². The SMILES string of the molecule is N[C@H](COCc1ccccc1)[C@@H](OCc1ccccc1)[C@@H](COC(c1ccccc1)(c1ccccc1)c1ccccc1)OCc1ccccc1. The van der Waals surface area contributed by atoms with E-state index in [0.717, 1.165) is 33.4 Å². The second kappa shape index (κ2) is 18.2. The van der Waals surface area contributed by atoms with Gasteiger partial charge in [-0.1, -0.05) is 182 Å². The first-order chi connectivity index (χ1) is 24.7. The number of hydrogen-bond acceptors (Lipinski definition) is 5. The third-order valence-electron chi connectivity index (χ3n) is 8.81. The van der Waals surface area contributed by atoms with E-state index in [1.54, 1.807) is 0 Å². The summed E-state index contributed by atoms with van der Waals surface area (Å²) in [6, 6.07) is 61.0. The zero-order valence-corrected chi connectivity index (χ0v) is 28.3. The maximum atomic E-state index is 7.29. The molecule has 0 unspecified atom stereocenters. The standard InChI is InChI=1S/C45H45NO4/c46-42(34-47-31-36-19-7-1-8-20-36)44(49-33-38-23-11-3-12-24-38)43(48-32-37-21-9-2-10-22-37)35-50-45(39-25-13-4-14-26-39,40-27-15-5-16-28-40)41-29-17-6-18-30-41/h1-30,42-44H,31-35,46H2/t42-,43-,44-/m1/s1. The van der Waals surface area contributed by atoms with Crippen LogP contribution in [0.25, 0.3) is 0 Å². The minimum atomic E-state index is -0.935. The molecule has 0 aromatic heterocycles. The molecule has 50 heavy (non-hydrogen) atoms. The van der Waals surface area contributed by atoms with Crippen molar-refractivity contribution in [1.82, 2.24) is 0 Å². The molecule has 3 atom stereocenters. The van der Waals surface area contributed by atoms with E-state index >= 15 is 0 Å². The van der Waals surface area contributed by atoms with Crippen LogP contribution in [-0.2, 0) is 44.4 Å². The summed E-state index contributed by atoms with van der Waals surface area (Å²) >= 11 is 0. The van der Waals surface area contributed by atoms with Crippen molar-refractivity contribution in [2.75, 3.05) is 13.2 Å². The molecular formula is C45H45NO4. The third-order valence-corrected chi connectivity index (χ3v) is 8.81. The second-order valence-electron chi connectivity index (χ2n) is 12.4. The van der Waals surface area contributed by atoms with Crippen LogP contribution in [0.5, 0.6) is 0 Å². The second-order valence-corrected chi connectivity index (χ2v) is 12.4. The summed E-state index contributed by atoms with van der Waals surface area (Å²) in [5.74, 6) is 0. The molecule has 2 N–H and O–H groups in total. The van der Waals surface area contributed by atoms with Gasteiger partial charge in [0.2, 0.25) is 0 Å². The predicted molar refractivity (Wildman–Crippen MR) is 199 cm³/mol. The zero-order valence-electron chi connectivity index (χ0n) is 28.3. The minimum Gasteiger partial charge on any atom is -0.375 e. The number of hydrogen-bond donors (Lipinski definition) is 1. The number of nitrogens with two attached hydrogens (primary N) is 1. The molecule has 0 saturated heterocycles. The molecule has 0 aliphatic heterocycles. The van der Waals surface area contributed by atoms with Gasteiger partial charge in [-0.25, -0.2) is 0 Å². The molecule has 0 spiro atoms. The Hall–Kier alpha value is -4.88. The Bertz CT molecular complexity index is 1690. The summed E-state index contributed by atoms with van der Waals surface area (Å²) < 4.78 is 27.0. The van der Waals surface area contributed by atoms with Crippen LogP contribution in [0.2, 0.25) is 0 Å². The first-order valence-electron chi connectivity index (χ1n) is 17.2. The van der Waals surface area contributed by atoms with Crippen LogP contribution in [0.1, 0.15) is 33.4 Å². The number of ether oxygens (including phenoxy) is 4. The average Bonchev–Trinajstić information content (AvgIpc) is 3.19. The summed E-state index contributed by atoms with van der Waals surface area (Å²) in [5, 5.41) is 0. The van der Waals surface area contributed by atoms with Crippen LogP contribution in [-0.4, -0.2) is 31.5 Å². The highest BCUT2D eigenvalue weighted by molar-refractivity contribution is 5.47. The summed E-state index contributed by atoms with van der Waals surface area (Å²) in [7, 11) is 0. The molecule has 5 heteroatoms. The van der Waals surface area contributed by atoms with Crippen molar-refractivity contribution in [3.63, 3.8) is 0 Å². The fourth-order valence-corrected chi connectivity index (χ4v) is 6.25. The molecule has 0 radical (unpaired) electrons. The molecule has 0 bridgehead atoms. The lowest BCUT2D eigenvalue weighted by Gasteiger charge is -2.39. The van der Waals surface area contributed by atoms with Crippen molar-refractivity contribution in [3.8, 4) is 0 Å². The van der Waals surface area contributed by atoms with Crippen LogP contribution >= 0.6 is 0 Å². The van der Waals surface area contributed by atoms with Crippen molar-refractivity contribution in [1.29, 1.82) is 0 Å². The average molecular weight is 664 g/mol. The molecule has 5 nitrogen and oxygen atoms in total. The summed E-state index contributed by atoms with van der Waals surface area (Å²) in [4.78, 5) is 0. The first-order valence-corrected chi connectivity index (χ1v) is 17.2. The summed E-state index contributed by atoms with van der Waals surface area (Å²) in [6.07, 6.45) is -1.11.